The Hall–Kier alpha value is -3.46. The zero-order valence-electron chi connectivity index (χ0n) is 18.4. The summed E-state index contributed by atoms with van der Waals surface area (Å²) in [4.78, 5) is 63.2. The lowest BCUT2D eigenvalue weighted by Crippen LogP contribution is -2.56. The van der Waals surface area contributed by atoms with Crippen LogP contribution in [-0.4, -0.2) is 78.4 Å². The number of primary amides is 1. The van der Waals surface area contributed by atoms with Crippen molar-refractivity contribution in [2.45, 2.75) is 56.7 Å². The SMILES string of the molecule is NCCCCC(N)C(=O)NC(CCCN=C(N)N)C(=O)NC(CC(N)=O)C(=O)NCC(=O)O. The van der Waals surface area contributed by atoms with Crippen molar-refractivity contribution in [3.63, 3.8) is 0 Å². The van der Waals surface area contributed by atoms with Crippen LogP contribution in [0, 0.1) is 0 Å². The van der Waals surface area contributed by atoms with Crippen molar-refractivity contribution >= 4 is 35.6 Å². The molecule has 4 amide bonds. The fourth-order valence-electron chi connectivity index (χ4n) is 2.66. The summed E-state index contributed by atoms with van der Waals surface area (Å²) in [6.45, 7) is -0.0933. The molecule has 33 heavy (non-hydrogen) atoms. The molecule has 0 aromatic heterocycles. The van der Waals surface area contributed by atoms with Gasteiger partial charge in [-0.25, -0.2) is 0 Å². The van der Waals surface area contributed by atoms with Crippen molar-refractivity contribution in [1.29, 1.82) is 0 Å². The van der Waals surface area contributed by atoms with E-state index in [2.05, 4.69) is 20.9 Å². The van der Waals surface area contributed by atoms with Crippen LogP contribution in [0.4, 0.5) is 0 Å². The van der Waals surface area contributed by atoms with E-state index < -0.39 is 60.7 Å². The van der Waals surface area contributed by atoms with E-state index in [4.69, 9.17) is 33.8 Å². The van der Waals surface area contributed by atoms with E-state index in [-0.39, 0.29) is 18.9 Å². The normalized spacial score (nSPS) is 13.2. The first-order chi connectivity index (χ1) is 15.5. The van der Waals surface area contributed by atoms with Gasteiger partial charge in [0.05, 0.1) is 12.5 Å². The fourth-order valence-corrected chi connectivity index (χ4v) is 2.66. The van der Waals surface area contributed by atoms with Gasteiger partial charge >= 0.3 is 5.97 Å². The van der Waals surface area contributed by atoms with Crippen LogP contribution in [-0.2, 0) is 24.0 Å². The van der Waals surface area contributed by atoms with E-state index >= 15 is 0 Å². The molecule has 0 radical (unpaired) electrons. The molecule has 15 heteroatoms. The number of nitrogens with two attached hydrogens (primary N) is 5. The van der Waals surface area contributed by atoms with Gasteiger partial charge in [0.25, 0.3) is 0 Å². The number of nitrogens with one attached hydrogen (secondary N) is 3. The number of nitrogens with zero attached hydrogens (tertiary/aromatic N) is 1. The molecule has 0 saturated heterocycles. The van der Waals surface area contributed by atoms with E-state index in [9.17, 15) is 24.0 Å². The standard InChI is InChI=1S/C18H35N9O6/c19-6-2-1-4-10(20)15(31)26-11(5-3-7-24-18(22)23)17(33)27-12(8-13(21)28)16(32)25-9-14(29)30/h10-12H,1-9,19-20H2,(H2,21,28)(H,25,32)(H,26,31)(H,27,33)(H,29,30)(H4,22,23,24). The summed E-state index contributed by atoms with van der Waals surface area (Å²) in [6.07, 6.45) is 1.46. The van der Waals surface area contributed by atoms with Crippen LogP contribution in [0.1, 0.15) is 38.5 Å². The van der Waals surface area contributed by atoms with Crippen molar-refractivity contribution in [3.8, 4) is 0 Å². The van der Waals surface area contributed by atoms with Gasteiger partial charge in [-0.2, -0.15) is 0 Å². The van der Waals surface area contributed by atoms with Crippen LogP contribution >= 0.6 is 0 Å². The van der Waals surface area contributed by atoms with Gasteiger partial charge in [-0.1, -0.05) is 6.42 Å². The Labute approximate surface area is 191 Å². The third kappa shape index (κ3) is 14.3. The lowest BCUT2D eigenvalue weighted by Gasteiger charge is -2.23. The van der Waals surface area contributed by atoms with Gasteiger partial charge < -0.3 is 49.7 Å². The van der Waals surface area contributed by atoms with Crippen molar-refractivity contribution in [2.75, 3.05) is 19.6 Å². The molecular weight excluding hydrogens is 438 g/mol. The van der Waals surface area contributed by atoms with Crippen molar-refractivity contribution in [3.05, 3.63) is 0 Å². The third-order valence-corrected chi connectivity index (χ3v) is 4.34. The molecule has 3 unspecified atom stereocenters. The first-order valence-corrected chi connectivity index (χ1v) is 10.4. The number of carboxylic acid groups (broad SMARTS) is 1. The van der Waals surface area contributed by atoms with E-state index in [1.165, 1.54) is 0 Å². The highest BCUT2D eigenvalue weighted by atomic mass is 16.4. The first kappa shape index (κ1) is 29.5. The molecule has 0 heterocycles. The average Bonchev–Trinajstić information content (AvgIpc) is 2.72. The maximum Gasteiger partial charge on any atom is 0.322 e. The van der Waals surface area contributed by atoms with E-state index in [0.717, 1.165) is 0 Å². The Kier molecular flexibility index (Phi) is 14.5. The summed E-state index contributed by atoms with van der Waals surface area (Å²) < 4.78 is 0. The largest absolute Gasteiger partial charge is 0.480 e. The molecule has 0 bridgehead atoms. The van der Waals surface area contributed by atoms with Crippen LogP contribution in [0.2, 0.25) is 0 Å². The van der Waals surface area contributed by atoms with Gasteiger partial charge in [0, 0.05) is 6.54 Å². The zero-order valence-corrected chi connectivity index (χ0v) is 18.4. The number of unbranched alkanes of at least 4 members (excludes halogenated alkanes) is 1. The molecule has 0 aromatic carbocycles. The number of rotatable bonds is 17. The molecule has 0 aliphatic rings. The average molecular weight is 474 g/mol. The van der Waals surface area contributed by atoms with E-state index in [1.807, 2.05) is 0 Å². The Balaban J connectivity index is 5.32. The Morgan fingerprint density at radius 1 is 0.848 bits per heavy atom. The minimum Gasteiger partial charge on any atom is -0.480 e. The van der Waals surface area contributed by atoms with E-state index in [0.29, 0.717) is 32.2 Å². The number of hydrogen-bond donors (Lipinski definition) is 9. The summed E-state index contributed by atoms with van der Waals surface area (Å²) >= 11 is 0. The summed E-state index contributed by atoms with van der Waals surface area (Å²) in [6, 6.07) is -3.45. The summed E-state index contributed by atoms with van der Waals surface area (Å²) in [5.41, 5.74) is 26.9. The molecule has 3 atom stereocenters. The van der Waals surface area contributed by atoms with Crippen LogP contribution < -0.4 is 44.6 Å². The first-order valence-electron chi connectivity index (χ1n) is 10.4. The zero-order chi connectivity index (χ0) is 25.4. The number of aliphatic carboxylic acids is 1. The highest BCUT2D eigenvalue weighted by molar-refractivity contribution is 5.95. The van der Waals surface area contributed by atoms with Gasteiger partial charge in [0.15, 0.2) is 5.96 Å². The summed E-state index contributed by atoms with van der Waals surface area (Å²) in [7, 11) is 0. The van der Waals surface area contributed by atoms with Gasteiger partial charge in [0.1, 0.15) is 18.6 Å². The predicted molar refractivity (Wildman–Crippen MR) is 119 cm³/mol. The molecule has 0 fully saturated rings. The molecule has 0 aromatic rings. The minimum atomic E-state index is -1.44. The number of aliphatic imine (C=N–C) groups is 1. The number of guanidine groups is 1. The van der Waals surface area contributed by atoms with Crippen molar-refractivity contribution in [1.82, 2.24) is 16.0 Å². The molecule has 0 aliphatic carbocycles. The van der Waals surface area contributed by atoms with Gasteiger partial charge in [0.2, 0.25) is 23.6 Å². The Morgan fingerprint density at radius 3 is 2.03 bits per heavy atom. The molecule has 0 saturated carbocycles. The number of amides is 4. The number of carbonyl (C=O) groups excluding carboxylic acids is 4. The number of carbonyl (C=O) groups is 5. The molecule has 0 rings (SSSR count). The second kappa shape index (κ2) is 16.2. The van der Waals surface area contributed by atoms with E-state index in [1.54, 1.807) is 0 Å². The van der Waals surface area contributed by atoms with Crippen LogP contribution in [0.5, 0.6) is 0 Å². The quantitative estimate of drug-likeness (QED) is 0.0554. The summed E-state index contributed by atoms with van der Waals surface area (Å²) in [5, 5.41) is 15.6. The highest BCUT2D eigenvalue weighted by Crippen LogP contribution is 2.04. The minimum absolute atomic E-state index is 0.0872. The highest BCUT2D eigenvalue weighted by Gasteiger charge is 2.29. The molecule has 14 N–H and O–H groups in total. The van der Waals surface area contributed by atoms with Crippen LogP contribution in [0.15, 0.2) is 4.99 Å². The monoisotopic (exact) mass is 473 g/mol. The lowest BCUT2D eigenvalue weighted by molar-refractivity contribution is -0.138. The van der Waals surface area contributed by atoms with Gasteiger partial charge in [-0.3, -0.25) is 29.0 Å². The third-order valence-electron chi connectivity index (χ3n) is 4.34. The maximum atomic E-state index is 12.8. The lowest BCUT2D eigenvalue weighted by atomic mass is 10.1. The second-order valence-corrected chi connectivity index (χ2v) is 7.24. The molecular formula is C18H35N9O6. The second-order valence-electron chi connectivity index (χ2n) is 7.24. The van der Waals surface area contributed by atoms with Crippen LogP contribution in [0.3, 0.4) is 0 Å². The molecule has 0 aliphatic heterocycles. The molecule has 0 spiro atoms. The number of hydrogen-bond acceptors (Lipinski definition) is 8. The Bertz CT molecular complexity index is 712. The maximum absolute atomic E-state index is 12.8. The van der Waals surface area contributed by atoms with Gasteiger partial charge in [-0.05, 0) is 32.2 Å². The molecule has 15 nitrogen and oxygen atoms in total. The van der Waals surface area contributed by atoms with Crippen LogP contribution in [0.25, 0.3) is 0 Å². The van der Waals surface area contributed by atoms with Gasteiger partial charge in [-0.15, -0.1) is 0 Å². The molecule has 188 valence electrons. The summed E-state index contributed by atoms with van der Waals surface area (Å²) in [5.74, 6) is -4.66. The van der Waals surface area contributed by atoms with Crippen molar-refractivity contribution in [2.24, 2.45) is 33.7 Å². The number of carboxylic acids is 1. The van der Waals surface area contributed by atoms with Crippen molar-refractivity contribution < 1.29 is 29.1 Å². The Morgan fingerprint density at radius 2 is 1.48 bits per heavy atom. The smallest absolute Gasteiger partial charge is 0.322 e. The topological polar surface area (TPSA) is 284 Å². The fraction of sp³-hybridized carbons (Fsp3) is 0.667. The predicted octanol–water partition coefficient (Wildman–Crippen LogP) is -4.46.